The largest absolute Gasteiger partial charge is 0.346 e. The van der Waals surface area contributed by atoms with Gasteiger partial charge < -0.3 is 5.32 Å². The fourth-order valence-electron chi connectivity index (χ4n) is 2.61. The number of rotatable bonds is 7. The molecule has 1 atom stereocenters. The molecule has 1 N–H and O–H groups in total. The van der Waals surface area contributed by atoms with E-state index in [-0.39, 0.29) is 16.8 Å². The first-order chi connectivity index (χ1) is 12.3. The fraction of sp³-hybridized carbons (Fsp3) is 0.316. The van der Waals surface area contributed by atoms with Crippen molar-refractivity contribution >= 4 is 27.5 Å². The number of carbonyl (C=O) groups excluding carboxylic acids is 1. The minimum Gasteiger partial charge on any atom is -0.346 e. The molecule has 1 unspecified atom stereocenters. The molecule has 0 spiro atoms. The number of carbonyl (C=O) groups is 1. The second-order valence-electron chi connectivity index (χ2n) is 5.86. The number of halogens is 1. The Morgan fingerprint density at radius 2 is 1.58 bits per heavy atom. The third-order valence-electron chi connectivity index (χ3n) is 4.18. The molecule has 5 nitrogen and oxygen atoms in total. The summed E-state index contributed by atoms with van der Waals surface area (Å²) < 4.78 is 26.3. The monoisotopic (exact) mass is 394 g/mol. The summed E-state index contributed by atoms with van der Waals surface area (Å²) in [6.07, 6.45) is 0. The lowest BCUT2D eigenvalue weighted by atomic mass is 10.1. The van der Waals surface area contributed by atoms with Crippen LogP contribution in [0.3, 0.4) is 0 Å². The van der Waals surface area contributed by atoms with Crippen LogP contribution in [0.25, 0.3) is 0 Å². The summed E-state index contributed by atoms with van der Waals surface area (Å²) in [5.41, 5.74) is 1.34. The molecular formula is C19H23ClN2O3S. The Balaban J connectivity index is 2.12. The predicted molar refractivity (Wildman–Crippen MR) is 104 cm³/mol. The summed E-state index contributed by atoms with van der Waals surface area (Å²) in [4.78, 5) is 12.6. The number of nitrogens with one attached hydrogen (secondary N) is 1. The van der Waals surface area contributed by atoms with E-state index < -0.39 is 10.0 Å². The zero-order valence-corrected chi connectivity index (χ0v) is 16.6. The molecule has 2 rings (SSSR count). The van der Waals surface area contributed by atoms with Crippen molar-refractivity contribution in [3.05, 3.63) is 64.7 Å². The quantitative estimate of drug-likeness (QED) is 0.775. The van der Waals surface area contributed by atoms with Gasteiger partial charge in [0.05, 0.1) is 10.9 Å². The van der Waals surface area contributed by atoms with Crippen molar-refractivity contribution in [2.45, 2.75) is 31.7 Å². The van der Waals surface area contributed by atoms with Gasteiger partial charge in [0, 0.05) is 23.7 Å². The van der Waals surface area contributed by atoms with Crippen LogP contribution < -0.4 is 5.32 Å². The van der Waals surface area contributed by atoms with Crippen LogP contribution in [0.15, 0.2) is 53.4 Å². The van der Waals surface area contributed by atoms with E-state index in [1.54, 1.807) is 26.0 Å². The molecule has 0 saturated heterocycles. The molecule has 0 aliphatic carbocycles. The molecule has 0 radical (unpaired) electrons. The number of hydrogen-bond acceptors (Lipinski definition) is 3. The third-order valence-corrected chi connectivity index (χ3v) is 6.49. The Labute approximate surface area is 160 Å². The minimum atomic E-state index is -3.52. The van der Waals surface area contributed by atoms with Gasteiger partial charge in [-0.3, -0.25) is 4.79 Å². The first-order valence-electron chi connectivity index (χ1n) is 8.46. The van der Waals surface area contributed by atoms with Gasteiger partial charge >= 0.3 is 0 Å². The number of amides is 1. The molecule has 140 valence electrons. The third kappa shape index (κ3) is 4.63. The lowest BCUT2D eigenvalue weighted by molar-refractivity contribution is 0.0940. The van der Waals surface area contributed by atoms with Crippen molar-refractivity contribution in [1.29, 1.82) is 0 Å². The van der Waals surface area contributed by atoms with Crippen LogP contribution in [0, 0.1) is 0 Å². The van der Waals surface area contributed by atoms with Gasteiger partial charge in [0.1, 0.15) is 0 Å². The van der Waals surface area contributed by atoms with Gasteiger partial charge in [-0.25, -0.2) is 8.42 Å². The maximum Gasteiger partial charge on any atom is 0.251 e. The average Bonchev–Trinajstić information content (AvgIpc) is 2.63. The van der Waals surface area contributed by atoms with Crippen molar-refractivity contribution in [3.8, 4) is 0 Å². The Morgan fingerprint density at radius 1 is 1.04 bits per heavy atom. The van der Waals surface area contributed by atoms with E-state index in [2.05, 4.69) is 5.32 Å². The van der Waals surface area contributed by atoms with Gasteiger partial charge in [0.2, 0.25) is 10.0 Å². The van der Waals surface area contributed by atoms with Gasteiger partial charge in [0.15, 0.2) is 0 Å². The Bertz CT molecular complexity index is 845. The molecule has 0 heterocycles. The summed E-state index contributed by atoms with van der Waals surface area (Å²) in [6, 6.07) is 13.0. The molecular weight excluding hydrogens is 372 g/mol. The Morgan fingerprint density at radius 3 is 2.08 bits per heavy atom. The van der Waals surface area contributed by atoms with E-state index in [4.69, 9.17) is 11.6 Å². The molecule has 0 aliphatic heterocycles. The van der Waals surface area contributed by atoms with Crippen molar-refractivity contribution in [2.75, 3.05) is 13.1 Å². The Hall–Kier alpha value is -1.89. The first kappa shape index (κ1) is 20.4. The van der Waals surface area contributed by atoms with Crippen LogP contribution >= 0.6 is 11.6 Å². The minimum absolute atomic E-state index is 0.184. The van der Waals surface area contributed by atoms with Gasteiger partial charge in [0.25, 0.3) is 5.91 Å². The highest BCUT2D eigenvalue weighted by molar-refractivity contribution is 7.89. The van der Waals surface area contributed by atoms with Gasteiger partial charge in [-0.2, -0.15) is 4.31 Å². The van der Waals surface area contributed by atoms with Crippen LogP contribution in [0.1, 0.15) is 42.7 Å². The number of nitrogens with zero attached hydrogens (tertiary/aromatic N) is 1. The smallest absolute Gasteiger partial charge is 0.251 e. The highest BCUT2D eigenvalue weighted by atomic mass is 35.5. The van der Waals surface area contributed by atoms with Gasteiger partial charge in [-0.1, -0.05) is 37.6 Å². The maximum absolute atomic E-state index is 12.5. The molecule has 0 fully saturated rings. The van der Waals surface area contributed by atoms with E-state index in [1.807, 2.05) is 19.1 Å². The Kier molecular flexibility index (Phi) is 6.81. The highest BCUT2D eigenvalue weighted by Gasteiger charge is 2.21. The number of sulfonamides is 1. The van der Waals surface area contributed by atoms with E-state index in [0.29, 0.717) is 23.7 Å². The lowest BCUT2D eigenvalue weighted by Gasteiger charge is -2.18. The first-order valence-corrected chi connectivity index (χ1v) is 10.3. The standard InChI is InChI=1S/C19H23ClN2O3S/c1-4-22(5-2)26(24,25)18-12-8-16(9-13-18)19(23)21-14(3)15-6-10-17(20)11-7-15/h6-14H,4-5H2,1-3H3,(H,21,23). The predicted octanol–water partition coefficient (Wildman–Crippen LogP) is 3.86. The highest BCUT2D eigenvalue weighted by Crippen LogP contribution is 2.18. The molecule has 26 heavy (non-hydrogen) atoms. The van der Waals surface area contributed by atoms with Crippen LogP contribution in [0.4, 0.5) is 0 Å². The number of benzene rings is 2. The maximum atomic E-state index is 12.5. The molecule has 0 aliphatic rings. The molecule has 2 aromatic carbocycles. The van der Waals surface area contributed by atoms with E-state index in [9.17, 15) is 13.2 Å². The van der Waals surface area contributed by atoms with Crippen LogP contribution in [0.2, 0.25) is 5.02 Å². The summed E-state index contributed by atoms with van der Waals surface area (Å²) in [7, 11) is -3.52. The van der Waals surface area contributed by atoms with Crippen molar-refractivity contribution in [2.24, 2.45) is 0 Å². The second-order valence-corrected chi connectivity index (χ2v) is 8.23. The van der Waals surface area contributed by atoms with Crippen LogP contribution in [0.5, 0.6) is 0 Å². The molecule has 7 heteroatoms. The molecule has 0 aromatic heterocycles. The molecule has 0 saturated carbocycles. The molecule has 2 aromatic rings. The van der Waals surface area contributed by atoms with Crippen LogP contribution in [-0.4, -0.2) is 31.7 Å². The topological polar surface area (TPSA) is 66.5 Å². The van der Waals surface area contributed by atoms with Crippen molar-refractivity contribution < 1.29 is 13.2 Å². The van der Waals surface area contributed by atoms with E-state index in [1.165, 1.54) is 28.6 Å². The summed E-state index contributed by atoms with van der Waals surface area (Å²) in [5, 5.41) is 3.53. The normalized spacial score (nSPS) is 12.8. The summed E-state index contributed by atoms with van der Waals surface area (Å²) >= 11 is 5.87. The van der Waals surface area contributed by atoms with Gasteiger partial charge in [-0.05, 0) is 48.9 Å². The SMILES string of the molecule is CCN(CC)S(=O)(=O)c1ccc(C(=O)NC(C)c2ccc(Cl)cc2)cc1. The van der Waals surface area contributed by atoms with Crippen LogP contribution in [-0.2, 0) is 10.0 Å². The lowest BCUT2D eigenvalue weighted by Crippen LogP contribution is -2.30. The van der Waals surface area contributed by atoms with Crippen molar-refractivity contribution in [1.82, 2.24) is 9.62 Å². The zero-order chi connectivity index (χ0) is 19.3. The molecule has 0 bridgehead atoms. The summed E-state index contributed by atoms with van der Waals surface area (Å²) in [5.74, 6) is -0.265. The van der Waals surface area contributed by atoms with Crippen molar-refractivity contribution in [3.63, 3.8) is 0 Å². The van der Waals surface area contributed by atoms with E-state index >= 15 is 0 Å². The van der Waals surface area contributed by atoms with Gasteiger partial charge in [-0.15, -0.1) is 0 Å². The zero-order valence-electron chi connectivity index (χ0n) is 15.1. The fourth-order valence-corrected chi connectivity index (χ4v) is 4.19. The molecule has 1 amide bonds. The van der Waals surface area contributed by atoms with E-state index in [0.717, 1.165) is 5.56 Å². The average molecular weight is 395 g/mol. The summed E-state index contributed by atoms with van der Waals surface area (Å²) in [6.45, 7) is 6.27. The second kappa shape index (κ2) is 8.66. The number of hydrogen-bond donors (Lipinski definition) is 1.